The zero-order valence-electron chi connectivity index (χ0n) is 10.5. The Labute approximate surface area is 123 Å². The van der Waals surface area contributed by atoms with Gasteiger partial charge in [-0.1, -0.05) is 41.1 Å². The molecule has 0 amide bonds. The molecule has 0 bridgehead atoms. The minimum absolute atomic E-state index is 0.0305. The molecule has 3 aromatic rings. The Bertz CT molecular complexity index is 884. The molecular formula is C14H10ClN3OS. The van der Waals surface area contributed by atoms with Crippen LogP contribution in [0.15, 0.2) is 29.1 Å². The number of hydrogen-bond acceptors (Lipinski definition) is 4. The third-order valence-electron chi connectivity index (χ3n) is 3.49. The number of hydrogen-bond donors (Lipinski definition) is 0. The molecule has 0 N–H and O–H groups in total. The number of halogens is 1. The topological polar surface area (TPSA) is 47.8 Å². The van der Waals surface area contributed by atoms with Crippen molar-refractivity contribution in [2.75, 3.05) is 0 Å². The summed E-state index contributed by atoms with van der Waals surface area (Å²) in [5.74, 6) is 0.872. The van der Waals surface area contributed by atoms with E-state index in [9.17, 15) is 4.79 Å². The van der Waals surface area contributed by atoms with Gasteiger partial charge in [0.25, 0.3) is 5.56 Å². The first-order valence-corrected chi connectivity index (χ1v) is 7.58. The van der Waals surface area contributed by atoms with Crippen LogP contribution in [0.25, 0.3) is 20.9 Å². The van der Waals surface area contributed by atoms with Crippen molar-refractivity contribution in [1.82, 2.24) is 14.5 Å². The van der Waals surface area contributed by atoms with Crippen LogP contribution in [0.5, 0.6) is 0 Å². The molecule has 1 aliphatic rings. The van der Waals surface area contributed by atoms with Crippen LogP contribution in [0, 0.1) is 0 Å². The van der Waals surface area contributed by atoms with Crippen LogP contribution < -0.4 is 5.56 Å². The van der Waals surface area contributed by atoms with Crippen molar-refractivity contribution < 1.29 is 0 Å². The van der Waals surface area contributed by atoms with Gasteiger partial charge in [-0.2, -0.15) is 0 Å². The van der Waals surface area contributed by atoms with Crippen LogP contribution in [-0.2, 0) is 13.0 Å². The van der Waals surface area contributed by atoms with E-state index < -0.39 is 0 Å². The lowest BCUT2D eigenvalue weighted by Gasteiger charge is -1.99. The minimum atomic E-state index is -0.0305. The smallest absolute Gasteiger partial charge is 0.280 e. The Morgan fingerprint density at radius 3 is 2.95 bits per heavy atom. The molecule has 3 heterocycles. The number of aromatic nitrogens is 3. The van der Waals surface area contributed by atoms with Crippen LogP contribution in [0.3, 0.4) is 0 Å². The molecule has 100 valence electrons. The van der Waals surface area contributed by atoms with Crippen LogP contribution in [0.4, 0.5) is 0 Å². The Morgan fingerprint density at radius 1 is 1.25 bits per heavy atom. The average molecular weight is 304 g/mol. The van der Waals surface area contributed by atoms with Gasteiger partial charge in [-0.3, -0.25) is 9.36 Å². The first-order valence-electron chi connectivity index (χ1n) is 6.39. The molecule has 0 spiro atoms. The lowest BCUT2D eigenvalue weighted by molar-refractivity contribution is 0.718. The fourth-order valence-corrected chi connectivity index (χ4v) is 3.79. The maximum Gasteiger partial charge on any atom is 0.280 e. The fraction of sp³-hybridized carbons (Fsp3) is 0.214. The van der Waals surface area contributed by atoms with Gasteiger partial charge >= 0.3 is 0 Å². The van der Waals surface area contributed by atoms with Crippen LogP contribution in [-0.4, -0.2) is 14.5 Å². The number of fused-ring (bicyclic) bond motifs is 2. The van der Waals surface area contributed by atoms with Gasteiger partial charge in [0.2, 0.25) is 0 Å². The Morgan fingerprint density at radius 2 is 2.10 bits per heavy atom. The predicted octanol–water partition coefficient (Wildman–Crippen LogP) is 3.12. The highest BCUT2D eigenvalue weighted by atomic mass is 35.5. The van der Waals surface area contributed by atoms with Crippen molar-refractivity contribution in [1.29, 1.82) is 0 Å². The van der Waals surface area contributed by atoms with Crippen molar-refractivity contribution in [3.8, 4) is 10.6 Å². The van der Waals surface area contributed by atoms with Gasteiger partial charge in [-0.05, 0) is 12.5 Å². The molecule has 20 heavy (non-hydrogen) atoms. The van der Waals surface area contributed by atoms with Crippen molar-refractivity contribution in [2.45, 2.75) is 19.4 Å². The van der Waals surface area contributed by atoms with Gasteiger partial charge in [-0.25, -0.2) is 9.97 Å². The van der Waals surface area contributed by atoms with E-state index in [1.54, 1.807) is 4.57 Å². The van der Waals surface area contributed by atoms with Gasteiger partial charge in [0.1, 0.15) is 10.8 Å². The molecule has 0 unspecified atom stereocenters. The van der Waals surface area contributed by atoms with Crippen LogP contribution >= 0.6 is 22.9 Å². The van der Waals surface area contributed by atoms with Gasteiger partial charge < -0.3 is 0 Å². The highest BCUT2D eigenvalue weighted by Crippen LogP contribution is 2.32. The van der Waals surface area contributed by atoms with E-state index in [4.69, 9.17) is 11.6 Å². The lowest BCUT2D eigenvalue weighted by Crippen LogP contribution is -2.20. The molecule has 0 aliphatic carbocycles. The van der Waals surface area contributed by atoms with E-state index in [0.717, 1.165) is 35.8 Å². The molecule has 4 rings (SSSR count). The minimum Gasteiger partial charge on any atom is -0.295 e. The maximum absolute atomic E-state index is 12.4. The second-order valence-electron chi connectivity index (χ2n) is 4.74. The summed E-state index contributed by atoms with van der Waals surface area (Å²) in [4.78, 5) is 22.1. The van der Waals surface area contributed by atoms with Gasteiger partial charge in [0.15, 0.2) is 10.3 Å². The molecule has 4 nitrogen and oxygen atoms in total. The van der Waals surface area contributed by atoms with Crippen molar-refractivity contribution >= 4 is 33.3 Å². The quantitative estimate of drug-likeness (QED) is 0.694. The van der Waals surface area contributed by atoms with Crippen LogP contribution in [0.1, 0.15) is 12.2 Å². The summed E-state index contributed by atoms with van der Waals surface area (Å²) in [5.41, 5.74) is 1.27. The molecule has 0 saturated heterocycles. The van der Waals surface area contributed by atoms with E-state index in [1.165, 1.54) is 11.3 Å². The Hall–Kier alpha value is -1.72. The van der Waals surface area contributed by atoms with Crippen molar-refractivity contribution in [3.63, 3.8) is 0 Å². The molecule has 0 radical (unpaired) electrons. The monoisotopic (exact) mass is 303 g/mol. The number of benzene rings is 1. The normalized spacial score (nSPS) is 13.8. The van der Waals surface area contributed by atoms with E-state index >= 15 is 0 Å². The third kappa shape index (κ3) is 1.70. The van der Waals surface area contributed by atoms with Crippen molar-refractivity contribution in [2.24, 2.45) is 0 Å². The third-order valence-corrected chi connectivity index (χ3v) is 4.80. The second-order valence-corrected chi connectivity index (χ2v) is 6.13. The average Bonchev–Trinajstić information content (AvgIpc) is 3.06. The van der Waals surface area contributed by atoms with Gasteiger partial charge in [-0.15, -0.1) is 0 Å². The van der Waals surface area contributed by atoms with Crippen molar-refractivity contribution in [3.05, 3.63) is 45.5 Å². The number of rotatable bonds is 1. The van der Waals surface area contributed by atoms with Gasteiger partial charge in [0.05, 0.1) is 5.02 Å². The lowest BCUT2D eigenvalue weighted by atomic mass is 10.2. The molecular weight excluding hydrogens is 294 g/mol. The molecule has 1 aromatic carbocycles. The summed E-state index contributed by atoms with van der Waals surface area (Å²) >= 11 is 7.61. The first kappa shape index (κ1) is 12.1. The summed E-state index contributed by atoms with van der Waals surface area (Å²) in [6, 6.07) is 7.52. The number of aryl methyl sites for hydroxylation is 1. The Balaban J connectivity index is 1.99. The standard InChI is InChI=1S/C14H10ClN3OS/c15-9-5-2-1-4-8(9)12-17-11-13(20-12)16-10-6-3-7-18(10)14(11)19/h1-2,4-5H,3,6-7H2. The van der Waals surface area contributed by atoms with E-state index in [2.05, 4.69) is 9.97 Å². The Kier molecular flexibility index (Phi) is 2.65. The summed E-state index contributed by atoms with van der Waals surface area (Å²) < 4.78 is 1.73. The number of thiazole rings is 1. The largest absolute Gasteiger partial charge is 0.295 e. The first-order chi connectivity index (χ1) is 9.74. The van der Waals surface area contributed by atoms with E-state index in [-0.39, 0.29) is 5.56 Å². The molecule has 2 aromatic heterocycles. The van der Waals surface area contributed by atoms with E-state index in [0.29, 0.717) is 15.4 Å². The highest BCUT2D eigenvalue weighted by molar-refractivity contribution is 7.21. The molecule has 0 fully saturated rings. The second kappa shape index (κ2) is 4.40. The zero-order valence-corrected chi connectivity index (χ0v) is 12.0. The molecule has 6 heteroatoms. The summed E-state index contributed by atoms with van der Waals surface area (Å²) in [5, 5.41) is 1.39. The van der Waals surface area contributed by atoms with E-state index in [1.807, 2.05) is 24.3 Å². The highest BCUT2D eigenvalue weighted by Gasteiger charge is 2.19. The molecule has 0 atom stereocenters. The SMILES string of the molecule is O=c1c2nc(-c3ccccc3Cl)sc2nc2n1CCC2. The number of nitrogens with zero attached hydrogens (tertiary/aromatic N) is 3. The maximum atomic E-state index is 12.4. The summed E-state index contributed by atoms with van der Waals surface area (Å²) in [6.45, 7) is 0.746. The molecule has 1 aliphatic heterocycles. The zero-order chi connectivity index (χ0) is 13.7. The van der Waals surface area contributed by atoms with Crippen LogP contribution in [0.2, 0.25) is 5.02 Å². The summed E-state index contributed by atoms with van der Waals surface area (Å²) in [6.07, 6.45) is 1.85. The van der Waals surface area contributed by atoms with Gasteiger partial charge in [0, 0.05) is 18.5 Å². The summed E-state index contributed by atoms with van der Waals surface area (Å²) in [7, 11) is 0. The fourth-order valence-electron chi connectivity index (χ4n) is 2.52. The predicted molar refractivity (Wildman–Crippen MR) is 80.4 cm³/mol. The molecule has 0 saturated carbocycles.